The quantitative estimate of drug-likeness (QED) is 0.709. The number of nitrogens with one attached hydrogen (secondary N) is 1. The van der Waals surface area contributed by atoms with Crippen molar-refractivity contribution < 1.29 is 19.1 Å². The number of carbonyl (C=O) groups excluding carboxylic acids is 2. The van der Waals surface area contributed by atoms with E-state index in [0.717, 1.165) is 30.6 Å². The summed E-state index contributed by atoms with van der Waals surface area (Å²) in [5, 5.41) is 2.87. The summed E-state index contributed by atoms with van der Waals surface area (Å²) in [5.41, 5.74) is 2.28. The van der Waals surface area contributed by atoms with Crippen LogP contribution in [0.3, 0.4) is 0 Å². The molecule has 1 aliphatic heterocycles. The Morgan fingerprint density at radius 1 is 1.14 bits per heavy atom. The molecular formula is C21H25N3O4. The van der Waals surface area contributed by atoms with Crippen molar-refractivity contribution >= 4 is 17.5 Å². The lowest BCUT2D eigenvalue weighted by molar-refractivity contribution is -0.119. The molecule has 3 rings (SSSR count). The lowest BCUT2D eigenvalue weighted by atomic mass is 10.1. The van der Waals surface area contributed by atoms with Gasteiger partial charge in [0, 0.05) is 50.1 Å². The molecule has 0 unspecified atom stereocenters. The summed E-state index contributed by atoms with van der Waals surface area (Å²) in [6.07, 6.45) is 4.23. The second-order valence-electron chi connectivity index (χ2n) is 6.58. The van der Waals surface area contributed by atoms with Crippen molar-refractivity contribution in [2.75, 3.05) is 31.8 Å². The average molecular weight is 383 g/mol. The maximum Gasteiger partial charge on any atom is 0.251 e. The Labute approximate surface area is 164 Å². The van der Waals surface area contributed by atoms with E-state index in [9.17, 15) is 9.59 Å². The number of nitrogens with zero attached hydrogens (tertiary/aromatic N) is 2. The zero-order valence-corrected chi connectivity index (χ0v) is 16.0. The first-order valence-corrected chi connectivity index (χ1v) is 9.42. The van der Waals surface area contributed by atoms with Crippen molar-refractivity contribution in [3.05, 3.63) is 53.7 Å². The molecule has 0 radical (unpaired) electrons. The minimum absolute atomic E-state index is 0.144. The fourth-order valence-corrected chi connectivity index (χ4v) is 2.99. The number of hydrogen-bond donors (Lipinski definition) is 1. The first kappa shape index (κ1) is 19.8. The van der Waals surface area contributed by atoms with Crippen LogP contribution < -0.4 is 15.0 Å². The number of aromatic nitrogens is 1. The van der Waals surface area contributed by atoms with Crippen LogP contribution in [0.5, 0.6) is 5.88 Å². The van der Waals surface area contributed by atoms with Gasteiger partial charge in [0.1, 0.15) is 6.61 Å². The molecule has 0 saturated carbocycles. The van der Waals surface area contributed by atoms with Crippen LogP contribution in [0.15, 0.2) is 42.6 Å². The fourth-order valence-electron chi connectivity index (χ4n) is 2.99. The number of carbonyl (C=O) groups is 2. The molecule has 7 nitrogen and oxygen atoms in total. The van der Waals surface area contributed by atoms with E-state index in [1.54, 1.807) is 36.4 Å². The van der Waals surface area contributed by atoms with E-state index in [1.165, 1.54) is 0 Å². The molecule has 1 aliphatic rings. The van der Waals surface area contributed by atoms with Gasteiger partial charge in [0.2, 0.25) is 11.8 Å². The molecule has 1 fully saturated rings. The topological polar surface area (TPSA) is 80.8 Å². The number of anilines is 1. The molecule has 2 heterocycles. The number of rotatable bonds is 8. The highest BCUT2D eigenvalue weighted by Crippen LogP contribution is 2.21. The average Bonchev–Trinajstić information content (AvgIpc) is 2.74. The van der Waals surface area contributed by atoms with E-state index < -0.39 is 0 Å². The highest BCUT2D eigenvalue weighted by Gasteiger charge is 2.19. The van der Waals surface area contributed by atoms with Crippen LogP contribution in [-0.4, -0.2) is 43.7 Å². The molecule has 0 spiro atoms. The van der Waals surface area contributed by atoms with Crippen molar-refractivity contribution in [2.45, 2.75) is 25.8 Å². The zero-order chi connectivity index (χ0) is 19.8. The lowest BCUT2D eigenvalue weighted by Gasteiger charge is -2.26. The van der Waals surface area contributed by atoms with Gasteiger partial charge in [-0.3, -0.25) is 9.59 Å². The Balaban J connectivity index is 1.51. The third kappa shape index (κ3) is 5.29. The molecule has 1 aromatic heterocycles. The Bertz CT molecular complexity index is 790. The highest BCUT2D eigenvalue weighted by molar-refractivity contribution is 5.96. The lowest BCUT2D eigenvalue weighted by Crippen LogP contribution is -2.35. The molecule has 28 heavy (non-hydrogen) atoms. The number of piperidine rings is 1. The summed E-state index contributed by atoms with van der Waals surface area (Å²) in [7, 11) is 1.61. The number of benzene rings is 1. The monoisotopic (exact) mass is 383 g/mol. The van der Waals surface area contributed by atoms with Crippen LogP contribution >= 0.6 is 0 Å². The van der Waals surface area contributed by atoms with Gasteiger partial charge in [-0.25, -0.2) is 4.98 Å². The molecular weight excluding hydrogens is 358 g/mol. The summed E-state index contributed by atoms with van der Waals surface area (Å²) in [6, 6.07) is 10.8. The predicted molar refractivity (Wildman–Crippen MR) is 105 cm³/mol. The van der Waals surface area contributed by atoms with Gasteiger partial charge in [0.25, 0.3) is 5.91 Å². The van der Waals surface area contributed by atoms with Crippen LogP contribution in [0.1, 0.15) is 35.2 Å². The number of amides is 2. The molecule has 1 saturated heterocycles. The molecule has 2 aromatic rings. The molecule has 2 amide bonds. The molecule has 7 heteroatoms. The standard InChI is InChI=1S/C21H25N3O4/c1-27-12-13-28-19-10-5-16(14-22-19)15-23-21(26)17-6-8-18(9-7-17)24-11-3-2-4-20(24)25/h5-10,14H,2-4,11-13,15H2,1H3,(H,23,26). The van der Waals surface area contributed by atoms with Gasteiger partial charge in [0.05, 0.1) is 6.61 Å². The Hall–Kier alpha value is -2.93. The van der Waals surface area contributed by atoms with E-state index >= 15 is 0 Å². The fraction of sp³-hybridized carbons (Fsp3) is 0.381. The van der Waals surface area contributed by atoms with Gasteiger partial charge in [-0.05, 0) is 42.7 Å². The number of ether oxygens (including phenoxy) is 2. The van der Waals surface area contributed by atoms with E-state index in [1.807, 2.05) is 18.2 Å². The van der Waals surface area contributed by atoms with Crippen molar-refractivity contribution in [3.63, 3.8) is 0 Å². The van der Waals surface area contributed by atoms with E-state index in [4.69, 9.17) is 9.47 Å². The summed E-state index contributed by atoms with van der Waals surface area (Å²) in [5.74, 6) is 0.498. The molecule has 0 atom stereocenters. The van der Waals surface area contributed by atoms with Gasteiger partial charge in [-0.15, -0.1) is 0 Å². The first-order chi connectivity index (χ1) is 13.7. The maximum absolute atomic E-state index is 12.4. The van der Waals surface area contributed by atoms with Crippen LogP contribution in [0.25, 0.3) is 0 Å². The van der Waals surface area contributed by atoms with Crippen molar-refractivity contribution in [1.82, 2.24) is 10.3 Å². The second kappa shape index (κ2) is 9.85. The summed E-state index contributed by atoms with van der Waals surface area (Å²) in [6.45, 7) is 2.06. The van der Waals surface area contributed by atoms with Crippen molar-refractivity contribution in [3.8, 4) is 5.88 Å². The van der Waals surface area contributed by atoms with Crippen LogP contribution in [-0.2, 0) is 16.1 Å². The molecule has 148 valence electrons. The summed E-state index contributed by atoms with van der Waals surface area (Å²) >= 11 is 0. The minimum Gasteiger partial charge on any atom is -0.475 e. The Kier molecular flexibility index (Phi) is 6.97. The summed E-state index contributed by atoms with van der Waals surface area (Å²) in [4.78, 5) is 30.3. The van der Waals surface area contributed by atoms with E-state index in [0.29, 0.717) is 37.6 Å². The van der Waals surface area contributed by atoms with Crippen LogP contribution in [0, 0.1) is 0 Å². The molecule has 0 bridgehead atoms. The smallest absolute Gasteiger partial charge is 0.251 e. The second-order valence-corrected chi connectivity index (χ2v) is 6.58. The number of hydrogen-bond acceptors (Lipinski definition) is 5. The van der Waals surface area contributed by atoms with E-state index in [2.05, 4.69) is 10.3 Å². The molecule has 1 aromatic carbocycles. The van der Waals surface area contributed by atoms with E-state index in [-0.39, 0.29) is 11.8 Å². The largest absolute Gasteiger partial charge is 0.475 e. The third-order valence-electron chi connectivity index (χ3n) is 4.55. The van der Waals surface area contributed by atoms with Gasteiger partial charge in [-0.1, -0.05) is 6.07 Å². The Morgan fingerprint density at radius 3 is 2.64 bits per heavy atom. The number of pyridine rings is 1. The number of methoxy groups -OCH3 is 1. The maximum atomic E-state index is 12.4. The van der Waals surface area contributed by atoms with Gasteiger partial charge in [-0.2, -0.15) is 0 Å². The van der Waals surface area contributed by atoms with Gasteiger partial charge < -0.3 is 19.7 Å². The molecule has 1 N–H and O–H groups in total. The minimum atomic E-state index is -0.169. The Morgan fingerprint density at radius 2 is 1.96 bits per heavy atom. The van der Waals surface area contributed by atoms with Crippen molar-refractivity contribution in [1.29, 1.82) is 0 Å². The normalized spacial score (nSPS) is 14.0. The van der Waals surface area contributed by atoms with Crippen molar-refractivity contribution in [2.24, 2.45) is 0 Å². The van der Waals surface area contributed by atoms with Crippen LogP contribution in [0.4, 0.5) is 5.69 Å². The third-order valence-corrected chi connectivity index (χ3v) is 4.55. The predicted octanol–water partition coefficient (Wildman–Crippen LogP) is 2.55. The first-order valence-electron chi connectivity index (χ1n) is 9.42. The van der Waals surface area contributed by atoms with Gasteiger partial charge in [0.15, 0.2) is 0 Å². The SMILES string of the molecule is COCCOc1ccc(CNC(=O)c2ccc(N3CCCCC3=O)cc2)cn1. The molecule has 0 aliphatic carbocycles. The summed E-state index contributed by atoms with van der Waals surface area (Å²) < 4.78 is 10.3. The van der Waals surface area contributed by atoms with Gasteiger partial charge >= 0.3 is 0 Å². The van der Waals surface area contributed by atoms with Crippen LogP contribution in [0.2, 0.25) is 0 Å². The highest BCUT2D eigenvalue weighted by atomic mass is 16.5. The zero-order valence-electron chi connectivity index (χ0n) is 16.0.